The molecule has 2 unspecified atom stereocenters. The van der Waals surface area contributed by atoms with E-state index in [4.69, 9.17) is 0 Å². The number of alkyl halides is 12. The smallest absolute Gasteiger partial charge is 0.338 e. The van der Waals surface area contributed by atoms with Crippen molar-refractivity contribution in [2.45, 2.75) is 56.2 Å². The van der Waals surface area contributed by atoms with Crippen LogP contribution in [0.5, 0.6) is 0 Å². The quantitative estimate of drug-likeness (QED) is 0.654. The molecule has 0 heterocycles. The van der Waals surface area contributed by atoms with Gasteiger partial charge >= 0.3 is 30.1 Å². The molecule has 0 aromatic carbocycles. The third kappa shape index (κ3) is 3.38. The van der Waals surface area contributed by atoms with Crippen LogP contribution in [0.1, 0.15) is 13.8 Å². The fourth-order valence-electron chi connectivity index (χ4n) is 1.42. The highest BCUT2D eigenvalue weighted by molar-refractivity contribution is 5.10. The normalized spacial score (nSPS) is 19.2. The van der Waals surface area contributed by atoms with Crippen molar-refractivity contribution < 1.29 is 57.4 Å². The molecule has 0 aliphatic rings. The standard InChI is InChI=1S/C9H8F12O/c1-3(2)22-5(11,4(10)6(12,13)14)7(15,8(16,17)18)9(19,20)21/h3-4H,1-2H3. The van der Waals surface area contributed by atoms with Gasteiger partial charge in [0.25, 0.3) is 6.17 Å². The van der Waals surface area contributed by atoms with Gasteiger partial charge in [-0.3, -0.25) is 0 Å². The van der Waals surface area contributed by atoms with Crippen LogP contribution in [0, 0.1) is 0 Å². The number of ether oxygens (including phenoxy) is 1. The third-order valence-electron chi connectivity index (χ3n) is 2.27. The summed E-state index contributed by atoms with van der Waals surface area (Å²) in [6.07, 6.45) is -28.8. The molecule has 0 spiro atoms. The van der Waals surface area contributed by atoms with Gasteiger partial charge in [0, 0.05) is 0 Å². The first kappa shape index (κ1) is 21.1. The van der Waals surface area contributed by atoms with Gasteiger partial charge in [-0.1, -0.05) is 0 Å². The molecule has 2 atom stereocenters. The lowest BCUT2D eigenvalue weighted by Gasteiger charge is -2.42. The molecule has 0 aromatic rings. The van der Waals surface area contributed by atoms with Crippen LogP contribution in [0.15, 0.2) is 0 Å². The number of hydrogen-bond donors (Lipinski definition) is 0. The zero-order valence-electron chi connectivity index (χ0n) is 10.6. The zero-order chi connectivity index (χ0) is 18.4. The average molecular weight is 360 g/mol. The van der Waals surface area contributed by atoms with Crippen molar-refractivity contribution in [2.24, 2.45) is 0 Å². The summed E-state index contributed by atoms with van der Waals surface area (Å²) >= 11 is 0. The van der Waals surface area contributed by atoms with Gasteiger partial charge in [-0.15, -0.1) is 0 Å². The summed E-state index contributed by atoms with van der Waals surface area (Å²) in [6.45, 7) is 0.981. The molecule has 0 saturated heterocycles. The van der Waals surface area contributed by atoms with Crippen molar-refractivity contribution in [3.05, 3.63) is 0 Å². The topological polar surface area (TPSA) is 9.23 Å². The number of hydrogen-bond acceptors (Lipinski definition) is 1. The molecule has 0 rings (SSSR count). The third-order valence-corrected chi connectivity index (χ3v) is 2.27. The Hall–Kier alpha value is -0.880. The SMILES string of the molecule is CC(C)OC(F)(C(F)C(F)(F)F)C(F)(C(F)(F)F)C(F)(F)F. The molecule has 0 radical (unpaired) electrons. The molecule has 0 fully saturated rings. The monoisotopic (exact) mass is 360 g/mol. The maximum atomic E-state index is 13.8. The first-order valence-corrected chi connectivity index (χ1v) is 5.22. The van der Waals surface area contributed by atoms with Crippen LogP contribution in [-0.4, -0.2) is 42.3 Å². The van der Waals surface area contributed by atoms with E-state index in [-0.39, 0.29) is 0 Å². The van der Waals surface area contributed by atoms with Gasteiger partial charge in [0.15, 0.2) is 0 Å². The molecule has 0 aromatic heterocycles. The minimum Gasteiger partial charge on any atom is -0.338 e. The second-order valence-corrected chi connectivity index (χ2v) is 4.37. The average Bonchev–Trinajstić information content (AvgIpc) is 2.21. The Labute approximate surface area is 115 Å². The minimum absolute atomic E-state index is 0.491. The molecule has 0 aliphatic heterocycles. The maximum absolute atomic E-state index is 13.8. The molecule has 0 N–H and O–H groups in total. The fourth-order valence-corrected chi connectivity index (χ4v) is 1.42. The number of halogens is 12. The predicted octanol–water partition coefficient (Wildman–Crippen LogP) is 4.81. The molecule has 22 heavy (non-hydrogen) atoms. The van der Waals surface area contributed by atoms with E-state index < -0.39 is 42.3 Å². The highest BCUT2D eigenvalue weighted by atomic mass is 19.4. The summed E-state index contributed by atoms with van der Waals surface area (Å²) in [5.74, 6) is -6.42. The second-order valence-electron chi connectivity index (χ2n) is 4.37. The summed E-state index contributed by atoms with van der Waals surface area (Å²) in [6, 6.07) is 0. The van der Waals surface area contributed by atoms with Crippen molar-refractivity contribution in [1.29, 1.82) is 0 Å². The lowest BCUT2D eigenvalue weighted by atomic mass is 9.90. The summed E-state index contributed by atoms with van der Waals surface area (Å²) in [7, 11) is 0. The van der Waals surface area contributed by atoms with E-state index in [2.05, 4.69) is 4.74 Å². The first-order chi connectivity index (χ1) is 9.32. The molecule has 0 amide bonds. The Balaban J connectivity index is 6.49. The molecule has 1 nitrogen and oxygen atoms in total. The fraction of sp³-hybridized carbons (Fsp3) is 1.00. The van der Waals surface area contributed by atoms with E-state index in [0.29, 0.717) is 13.8 Å². The van der Waals surface area contributed by atoms with E-state index >= 15 is 0 Å². The van der Waals surface area contributed by atoms with Crippen molar-refractivity contribution in [3.63, 3.8) is 0 Å². The Morgan fingerprint density at radius 2 is 1.00 bits per heavy atom. The van der Waals surface area contributed by atoms with Crippen LogP contribution in [0.4, 0.5) is 52.7 Å². The summed E-state index contributed by atoms with van der Waals surface area (Å²) < 4.78 is 154. The van der Waals surface area contributed by atoms with E-state index in [0.717, 1.165) is 0 Å². The van der Waals surface area contributed by atoms with Crippen LogP contribution in [0.25, 0.3) is 0 Å². The Bertz CT molecular complexity index is 366. The van der Waals surface area contributed by atoms with Crippen molar-refractivity contribution >= 4 is 0 Å². The number of rotatable bonds is 4. The minimum atomic E-state index is -7.27. The highest BCUT2D eigenvalue weighted by Gasteiger charge is 2.88. The molecule has 0 saturated carbocycles. The largest absolute Gasteiger partial charge is 0.437 e. The molecule has 13 heteroatoms. The van der Waals surface area contributed by atoms with Gasteiger partial charge in [0.05, 0.1) is 6.10 Å². The molecular formula is C9H8F12O. The predicted molar refractivity (Wildman–Crippen MR) is 47.0 cm³/mol. The second kappa shape index (κ2) is 5.64. The Morgan fingerprint density at radius 3 is 1.18 bits per heavy atom. The van der Waals surface area contributed by atoms with Crippen LogP contribution >= 0.6 is 0 Å². The van der Waals surface area contributed by atoms with E-state index in [1.54, 1.807) is 0 Å². The van der Waals surface area contributed by atoms with Crippen molar-refractivity contribution in [2.75, 3.05) is 0 Å². The summed E-state index contributed by atoms with van der Waals surface area (Å²) in [5, 5.41) is 0. The molecular weight excluding hydrogens is 352 g/mol. The van der Waals surface area contributed by atoms with Gasteiger partial charge in [-0.2, -0.15) is 39.5 Å². The molecule has 134 valence electrons. The zero-order valence-corrected chi connectivity index (χ0v) is 10.6. The highest BCUT2D eigenvalue weighted by Crippen LogP contribution is 2.58. The van der Waals surface area contributed by atoms with E-state index in [1.165, 1.54) is 0 Å². The first-order valence-electron chi connectivity index (χ1n) is 5.22. The van der Waals surface area contributed by atoms with Gasteiger partial charge in [0.2, 0.25) is 0 Å². The van der Waals surface area contributed by atoms with Gasteiger partial charge in [-0.05, 0) is 13.8 Å². The van der Waals surface area contributed by atoms with Gasteiger partial charge in [-0.25, -0.2) is 13.2 Å². The lowest BCUT2D eigenvalue weighted by molar-refractivity contribution is -0.444. The lowest BCUT2D eigenvalue weighted by Crippen LogP contribution is -2.72. The van der Waals surface area contributed by atoms with E-state index in [1.807, 2.05) is 0 Å². The van der Waals surface area contributed by atoms with Crippen LogP contribution < -0.4 is 0 Å². The van der Waals surface area contributed by atoms with Crippen molar-refractivity contribution in [1.82, 2.24) is 0 Å². The summed E-state index contributed by atoms with van der Waals surface area (Å²) in [5.41, 5.74) is -7.24. The van der Waals surface area contributed by atoms with E-state index in [9.17, 15) is 52.7 Å². The Kier molecular flexibility index (Phi) is 5.41. The van der Waals surface area contributed by atoms with Crippen LogP contribution in [-0.2, 0) is 4.74 Å². The van der Waals surface area contributed by atoms with Crippen molar-refractivity contribution in [3.8, 4) is 0 Å². The maximum Gasteiger partial charge on any atom is 0.437 e. The van der Waals surface area contributed by atoms with Gasteiger partial charge in [0.1, 0.15) is 0 Å². The van der Waals surface area contributed by atoms with Gasteiger partial charge < -0.3 is 4.74 Å². The molecule has 0 aliphatic carbocycles. The van der Waals surface area contributed by atoms with Crippen LogP contribution in [0.2, 0.25) is 0 Å². The molecule has 0 bridgehead atoms. The van der Waals surface area contributed by atoms with Crippen LogP contribution in [0.3, 0.4) is 0 Å². The Morgan fingerprint density at radius 1 is 0.682 bits per heavy atom. The summed E-state index contributed by atoms with van der Waals surface area (Å²) in [4.78, 5) is 0.